The van der Waals surface area contributed by atoms with E-state index in [9.17, 15) is 18.7 Å². The highest BCUT2D eigenvalue weighted by Gasteiger charge is 2.30. The molecular weight excluding hydrogens is 454 g/mol. The van der Waals surface area contributed by atoms with Crippen LogP contribution in [0.4, 0.5) is 14.6 Å². The molecule has 3 heterocycles. The number of piperidine rings is 1. The highest BCUT2D eigenvalue weighted by atomic mass is 19.1. The van der Waals surface area contributed by atoms with Crippen LogP contribution >= 0.6 is 0 Å². The minimum absolute atomic E-state index is 0.0232. The molecule has 1 fully saturated rings. The van der Waals surface area contributed by atoms with Crippen molar-refractivity contribution < 1.29 is 23.4 Å². The van der Waals surface area contributed by atoms with Crippen molar-refractivity contribution >= 4 is 17.3 Å². The highest BCUT2D eigenvalue weighted by Crippen LogP contribution is 2.35. The monoisotopic (exact) mass is 484 g/mol. The Bertz CT molecular complexity index is 1150. The number of aliphatic hydroxyl groups excluding tert-OH is 1. The molecule has 1 saturated heterocycles. The van der Waals surface area contributed by atoms with Crippen LogP contribution in [0, 0.1) is 11.6 Å². The molecule has 0 saturated carbocycles. The Morgan fingerprint density at radius 3 is 2.60 bits per heavy atom. The third kappa shape index (κ3) is 5.15. The maximum atomic E-state index is 14.0. The van der Waals surface area contributed by atoms with Crippen LogP contribution in [-0.2, 0) is 17.8 Å². The van der Waals surface area contributed by atoms with Gasteiger partial charge in [-0.25, -0.2) is 18.7 Å². The van der Waals surface area contributed by atoms with Crippen molar-refractivity contribution in [1.82, 2.24) is 14.9 Å². The standard InChI is InChI=1S/C26H30F2N4O3/c1-16(33)32-12-9-22-23(15-32)29-25(17-3-2-4-19(34)13-17)26(30-22)31-10-7-20(8-11-31)35-24-6-5-18(27)14-21(24)28/h5-6,13-14,19-20,34H,2-4,7-12,15H2,1H3. The lowest BCUT2D eigenvalue weighted by atomic mass is 9.94. The molecule has 2 aliphatic heterocycles. The number of ether oxygens (including phenoxy) is 1. The van der Waals surface area contributed by atoms with Crippen LogP contribution in [0.3, 0.4) is 0 Å². The third-order valence-corrected chi connectivity index (χ3v) is 7.01. The second-order valence-electron chi connectivity index (χ2n) is 9.51. The van der Waals surface area contributed by atoms with Gasteiger partial charge in [-0.3, -0.25) is 4.79 Å². The summed E-state index contributed by atoms with van der Waals surface area (Å²) in [6.45, 7) is 3.95. The molecule has 1 amide bonds. The molecule has 1 N–H and O–H groups in total. The number of carbonyl (C=O) groups is 1. The van der Waals surface area contributed by atoms with Gasteiger partial charge < -0.3 is 19.6 Å². The topological polar surface area (TPSA) is 78.8 Å². The first-order chi connectivity index (χ1) is 16.9. The predicted molar refractivity (Wildman–Crippen MR) is 127 cm³/mol. The Morgan fingerprint density at radius 1 is 1.09 bits per heavy atom. The van der Waals surface area contributed by atoms with Crippen LogP contribution in [0.25, 0.3) is 5.57 Å². The zero-order chi connectivity index (χ0) is 24.5. The lowest BCUT2D eigenvalue weighted by Gasteiger charge is -2.35. The van der Waals surface area contributed by atoms with E-state index in [2.05, 4.69) is 4.90 Å². The Balaban J connectivity index is 1.38. The summed E-state index contributed by atoms with van der Waals surface area (Å²) in [5.41, 5.74) is 3.48. The van der Waals surface area contributed by atoms with Crippen LogP contribution in [0.5, 0.6) is 5.75 Å². The van der Waals surface area contributed by atoms with Gasteiger partial charge in [0.1, 0.15) is 17.6 Å². The molecule has 9 heteroatoms. The Labute approximate surface area is 203 Å². The number of aliphatic hydroxyl groups is 1. The van der Waals surface area contributed by atoms with E-state index in [1.54, 1.807) is 11.8 Å². The van der Waals surface area contributed by atoms with Gasteiger partial charge in [-0.15, -0.1) is 0 Å². The summed E-state index contributed by atoms with van der Waals surface area (Å²) in [5.74, 6) is -0.438. The summed E-state index contributed by atoms with van der Waals surface area (Å²) in [4.78, 5) is 25.9. The van der Waals surface area contributed by atoms with Crippen molar-refractivity contribution in [3.05, 3.63) is 53.0 Å². The molecule has 1 unspecified atom stereocenters. The van der Waals surface area contributed by atoms with Gasteiger partial charge in [-0.2, -0.15) is 0 Å². The van der Waals surface area contributed by atoms with Gasteiger partial charge in [0.25, 0.3) is 0 Å². The van der Waals surface area contributed by atoms with Gasteiger partial charge in [0.2, 0.25) is 5.91 Å². The molecule has 0 spiro atoms. The largest absolute Gasteiger partial charge is 0.487 e. The molecule has 1 aromatic carbocycles. The number of aromatic nitrogens is 2. The summed E-state index contributed by atoms with van der Waals surface area (Å²) in [5, 5.41) is 10.2. The fraction of sp³-hybridized carbons (Fsp3) is 0.500. The Morgan fingerprint density at radius 2 is 1.89 bits per heavy atom. The predicted octanol–water partition coefficient (Wildman–Crippen LogP) is 3.64. The molecule has 1 aliphatic carbocycles. The minimum Gasteiger partial charge on any atom is -0.487 e. The lowest BCUT2D eigenvalue weighted by Crippen LogP contribution is -2.40. The molecule has 1 aromatic heterocycles. The fourth-order valence-electron chi connectivity index (χ4n) is 5.06. The minimum atomic E-state index is -0.697. The van der Waals surface area contributed by atoms with Gasteiger partial charge in [-0.1, -0.05) is 6.08 Å². The number of benzene rings is 1. The Kier molecular flexibility index (Phi) is 6.69. The number of hydrogen-bond donors (Lipinski definition) is 1. The molecule has 186 valence electrons. The maximum absolute atomic E-state index is 14.0. The first kappa shape index (κ1) is 23.7. The van der Waals surface area contributed by atoms with Crippen molar-refractivity contribution in [3.63, 3.8) is 0 Å². The second-order valence-corrected chi connectivity index (χ2v) is 9.51. The average Bonchev–Trinajstić information content (AvgIpc) is 2.85. The van der Waals surface area contributed by atoms with Crippen molar-refractivity contribution in [1.29, 1.82) is 0 Å². The number of rotatable bonds is 4. The number of amides is 1. The zero-order valence-electron chi connectivity index (χ0n) is 19.8. The SMILES string of the molecule is CC(=O)N1CCc2nc(N3CCC(Oc4ccc(F)cc4F)CC3)c(C3=CC(O)CCC3)nc2C1. The van der Waals surface area contributed by atoms with Crippen molar-refractivity contribution in [3.8, 4) is 5.75 Å². The smallest absolute Gasteiger partial charge is 0.219 e. The van der Waals surface area contributed by atoms with E-state index in [0.29, 0.717) is 45.4 Å². The van der Waals surface area contributed by atoms with Crippen molar-refractivity contribution in [2.45, 2.75) is 64.2 Å². The van der Waals surface area contributed by atoms with Crippen molar-refractivity contribution in [2.24, 2.45) is 0 Å². The van der Waals surface area contributed by atoms with E-state index in [-0.39, 0.29) is 17.8 Å². The van der Waals surface area contributed by atoms with E-state index in [1.165, 1.54) is 12.1 Å². The molecule has 5 rings (SSSR count). The number of fused-ring (bicyclic) bond motifs is 1. The van der Waals surface area contributed by atoms with Gasteiger partial charge >= 0.3 is 0 Å². The second kappa shape index (κ2) is 9.89. The molecule has 2 aromatic rings. The summed E-state index contributed by atoms with van der Waals surface area (Å²) >= 11 is 0. The number of anilines is 1. The maximum Gasteiger partial charge on any atom is 0.219 e. The van der Waals surface area contributed by atoms with Crippen LogP contribution in [0.15, 0.2) is 24.3 Å². The van der Waals surface area contributed by atoms with E-state index in [1.807, 2.05) is 6.08 Å². The highest BCUT2D eigenvalue weighted by molar-refractivity contribution is 5.75. The molecule has 0 bridgehead atoms. The van der Waals surface area contributed by atoms with Gasteiger partial charge in [0, 0.05) is 51.9 Å². The molecule has 7 nitrogen and oxygen atoms in total. The number of carbonyl (C=O) groups excluding carboxylic acids is 1. The first-order valence-corrected chi connectivity index (χ1v) is 12.3. The normalized spacial score (nSPS) is 20.9. The lowest BCUT2D eigenvalue weighted by molar-refractivity contribution is -0.129. The number of nitrogens with zero attached hydrogens (tertiary/aromatic N) is 4. The zero-order valence-corrected chi connectivity index (χ0v) is 19.8. The molecule has 0 radical (unpaired) electrons. The quantitative estimate of drug-likeness (QED) is 0.714. The summed E-state index contributed by atoms with van der Waals surface area (Å²) in [6, 6.07) is 3.36. The van der Waals surface area contributed by atoms with Gasteiger partial charge in [0.15, 0.2) is 17.4 Å². The van der Waals surface area contributed by atoms with Crippen LogP contribution < -0.4 is 9.64 Å². The number of halogens is 2. The van der Waals surface area contributed by atoms with Crippen LogP contribution in [-0.4, -0.2) is 57.7 Å². The van der Waals surface area contributed by atoms with E-state index in [0.717, 1.165) is 53.8 Å². The Hall–Kier alpha value is -3.07. The summed E-state index contributed by atoms with van der Waals surface area (Å²) in [7, 11) is 0. The third-order valence-electron chi connectivity index (χ3n) is 7.01. The molecule has 35 heavy (non-hydrogen) atoms. The summed E-state index contributed by atoms with van der Waals surface area (Å²) in [6.07, 6.45) is 5.61. The molecule has 1 atom stereocenters. The number of allylic oxidation sites excluding steroid dienone is 1. The number of hydrogen-bond acceptors (Lipinski definition) is 6. The van der Waals surface area contributed by atoms with E-state index < -0.39 is 17.7 Å². The fourth-order valence-corrected chi connectivity index (χ4v) is 5.06. The van der Waals surface area contributed by atoms with Gasteiger partial charge in [0.05, 0.1) is 24.0 Å². The molecule has 3 aliphatic rings. The first-order valence-electron chi connectivity index (χ1n) is 12.3. The van der Waals surface area contributed by atoms with Crippen LogP contribution in [0.1, 0.15) is 56.1 Å². The van der Waals surface area contributed by atoms with E-state index >= 15 is 0 Å². The van der Waals surface area contributed by atoms with Crippen LogP contribution in [0.2, 0.25) is 0 Å². The van der Waals surface area contributed by atoms with E-state index in [4.69, 9.17) is 14.7 Å². The molecular formula is C26H30F2N4O3. The summed E-state index contributed by atoms with van der Waals surface area (Å²) < 4.78 is 33.1. The van der Waals surface area contributed by atoms with Crippen molar-refractivity contribution in [2.75, 3.05) is 24.5 Å². The average molecular weight is 485 g/mol. The van der Waals surface area contributed by atoms with Gasteiger partial charge in [-0.05, 0) is 37.0 Å².